The largest absolute Gasteiger partial charge is 0.361 e. The van der Waals surface area contributed by atoms with E-state index in [0.717, 1.165) is 0 Å². The minimum Gasteiger partial charge on any atom is -0.361 e. The Morgan fingerprint density at radius 3 is 2.78 bits per heavy atom. The molecule has 0 aromatic carbocycles. The van der Waals surface area contributed by atoms with Crippen LogP contribution >= 0.6 is 15.9 Å². The molecule has 0 spiro atoms. The standard InChI is InChI=1S/C6H9BrN2/c1-5-2-3-6(7,8)9-4-5/h2-4,9H,8H2,1H3. The van der Waals surface area contributed by atoms with Crippen LogP contribution in [-0.2, 0) is 0 Å². The van der Waals surface area contributed by atoms with E-state index in [1.54, 1.807) is 0 Å². The number of rotatable bonds is 0. The zero-order valence-electron chi connectivity index (χ0n) is 5.19. The van der Waals surface area contributed by atoms with Gasteiger partial charge in [0, 0.05) is 6.20 Å². The summed E-state index contributed by atoms with van der Waals surface area (Å²) in [6, 6.07) is 0. The molecule has 0 saturated carbocycles. The summed E-state index contributed by atoms with van der Waals surface area (Å²) in [6.45, 7) is 2.01. The average Bonchev–Trinajstić information content (AvgIpc) is 1.78. The number of nitrogens with one attached hydrogen (secondary N) is 1. The topological polar surface area (TPSA) is 38.0 Å². The third-order valence-electron chi connectivity index (χ3n) is 1.11. The molecule has 0 aromatic heterocycles. The molecule has 50 valence electrons. The SMILES string of the molecule is CC1=CNC(N)(Br)C=C1. The monoisotopic (exact) mass is 188 g/mol. The average molecular weight is 189 g/mol. The van der Waals surface area contributed by atoms with E-state index in [4.69, 9.17) is 5.73 Å². The molecule has 1 aliphatic rings. The van der Waals surface area contributed by atoms with Gasteiger partial charge in [0.1, 0.15) is 0 Å². The Bertz CT molecular complexity index is 170. The van der Waals surface area contributed by atoms with Crippen LogP contribution in [0.3, 0.4) is 0 Å². The smallest absolute Gasteiger partial charge is 0.162 e. The van der Waals surface area contributed by atoms with E-state index in [2.05, 4.69) is 21.2 Å². The molecule has 0 amide bonds. The number of hydrogen-bond acceptors (Lipinski definition) is 2. The van der Waals surface area contributed by atoms with Crippen molar-refractivity contribution in [3.05, 3.63) is 23.9 Å². The molecule has 3 N–H and O–H groups in total. The molecule has 1 atom stereocenters. The lowest BCUT2D eigenvalue weighted by molar-refractivity contribution is 0.676. The summed E-state index contributed by atoms with van der Waals surface area (Å²) in [5.41, 5.74) is 6.79. The number of allylic oxidation sites excluding steroid dienone is 2. The number of nitrogens with two attached hydrogens (primary N) is 1. The second-order valence-corrected chi connectivity index (χ2v) is 3.45. The third-order valence-corrected chi connectivity index (χ3v) is 1.60. The Balaban J connectivity index is 2.70. The molecule has 9 heavy (non-hydrogen) atoms. The van der Waals surface area contributed by atoms with Crippen molar-refractivity contribution in [3.8, 4) is 0 Å². The lowest BCUT2D eigenvalue weighted by Gasteiger charge is -2.21. The lowest BCUT2D eigenvalue weighted by atomic mass is 10.2. The molecule has 0 aliphatic carbocycles. The van der Waals surface area contributed by atoms with Gasteiger partial charge in [0.05, 0.1) is 0 Å². The van der Waals surface area contributed by atoms with Gasteiger partial charge in [0.2, 0.25) is 0 Å². The van der Waals surface area contributed by atoms with Crippen LogP contribution in [-0.4, -0.2) is 4.57 Å². The van der Waals surface area contributed by atoms with Crippen LogP contribution in [0.1, 0.15) is 6.92 Å². The van der Waals surface area contributed by atoms with Crippen LogP contribution in [0.5, 0.6) is 0 Å². The number of halogens is 1. The minimum absolute atomic E-state index is 0.535. The van der Waals surface area contributed by atoms with Crippen molar-refractivity contribution in [3.63, 3.8) is 0 Å². The molecule has 3 heteroatoms. The summed E-state index contributed by atoms with van der Waals surface area (Å²) >= 11 is 3.26. The summed E-state index contributed by atoms with van der Waals surface area (Å²) in [4.78, 5) is 0. The van der Waals surface area contributed by atoms with Crippen molar-refractivity contribution < 1.29 is 0 Å². The maximum atomic E-state index is 5.61. The molecule has 0 bridgehead atoms. The highest BCUT2D eigenvalue weighted by Gasteiger charge is 2.15. The Kier molecular flexibility index (Phi) is 1.64. The molecular formula is C6H9BrN2. The van der Waals surface area contributed by atoms with E-state index in [0.29, 0.717) is 0 Å². The second-order valence-electron chi connectivity index (χ2n) is 2.13. The predicted octanol–water partition coefficient (Wildman–Crippen LogP) is 1.06. The predicted molar refractivity (Wildman–Crippen MR) is 41.9 cm³/mol. The van der Waals surface area contributed by atoms with Crippen molar-refractivity contribution in [2.75, 3.05) is 0 Å². The Morgan fingerprint density at radius 2 is 2.44 bits per heavy atom. The van der Waals surface area contributed by atoms with Gasteiger partial charge in [-0.2, -0.15) is 0 Å². The summed E-state index contributed by atoms with van der Waals surface area (Å²) in [5.74, 6) is 0. The summed E-state index contributed by atoms with van der Waals surface area (Å²) in [6.07, 6.45) is 5.70. The van der Waals surface area contributed by atoms with Crippen LogP contribution in [0, 0.1) is 0 Å². The molecule has 0 radical (unpaired) electrons. The van der Waals surface area contributed by atoms with Crippen molar-refractivity contribution in [2.24, 2.45) is 5.73 Å². The second kappa shape index (κ2) is 2.15. The van der Waals surface area contributed by atoms with Crippen molar-refractivity contribution >= 4 is 15.9 Å². The van der Waals surface area contributed by atoms with Gasteiger partial charge in [-0.1, -0.05) is 6.08 Å². The lowest BCUT2D eigenvalue weighted by Crippen LogP contribution is -2.44. The van der Waals surface area contributed by atoms with Gasteiger partial charge in [-0.25, -0.2) is 0 Å². The van der Waals surface area contributed by atoms with Crippen molar-refractivity contribution in [1.29, 1.82) is 0 Å². The van der Waals surface area contributed by atoms with Crippen LogP contribution in [0.15, 0.2) is 23.9 Å². The first kappa shape index (κ1) is 6.83. The van der Waals surface area contributed by atoms with E-state index in [1.165, 1.54) is 5.57 Å². The number of dihydropyridines is 1. The van der Waals surface area contributed by atoms with E-state index in [9.17, 15) is 0 Å². The van der Waals surface area contributed by atoms with Gasteiger partial charge in [-0.3, -0.25) is 5.73 Å². The first-order valence-electron chi connectivity index (χ1n) is 2.72. The fourth-order valence-electron chi connectivity index (χ4n) is 0.573. The summed E-state index contributed by atoms with van der Waals surface area (Å²) < 4.78 is -0.535. The highest BCUT2D eigenvalue weighted by Crippen LogP contribution is 2.13. The molecule has 0 fully saturated rings. The van der Waals surface area contributed by atoms with Crippen LogP contribution < -0.4 is 11.1 Å². The van der Waals surface area contributed by atoms with Gasteiger partial charge >= 0.3 is 0 Å². The van der Waals surface area contributed by atoms with Crippen LogP contribution in [0.4, 0.5) is 0 Å². The Morgan fingerprint density at radius 1 is 1.78 bits per heavy atom. The van der Waals surface area contributed by atoms with Crippen LogP contribution in [0.2, 0.25) is 0 Å². The molecule has 2 nitrogen and oxygen atoms in total. The molecule has 0 aromatic rings. The molecule has 1 unspecified atom stereocenters. The fraction of sp³-hybridized carbons (Fsp3) is 0.333. The van der Waals surface area contributed by atoms with E-state index < -0.39 is 4.57 Å². The normalized spacial score (nSPS) is 33.4. The molecule has 1 aliphatic heterocycles. The van der Waals surface area contributed by atoms with Crippen molar-refractivity contribution in [2.45, 2.75) is 11.5 Å². The van der Waals surface area contributed by atoms with Crippen LogP contribution in [0.25, 0.3) is 0 Å². The zero-order chi connectivity index (χ0) is 6.91. The molecular weight excluding hydrogens is 180 g/mol. The summed E-state index contributed by atoms with van der Waals surface area (Å²) in [5, 5.41) is 2.95. The first-order chi connectivity index (χ1) is 4.10. The Labute approximate surface area is 62.9 Å². The van der Waals surface area contributed by atoms with E-state index >= 15 is 0 Å². The molecule has 0 saturated heterocycles. The first-order valence-corrected chi connectivity index (χ1v) is 3.51. The molecule has 1 heterocycles. The van der Waals surface area contributed by atoms with Gasteiger partial charge in [-0.05, 0) is 34.5 Å². The van der Waals surface area contributed by atoms with Crippen molar-refractivity contribution in [1.82, 2.24) is 5.32 Å². The molecule has 1 rings (SSSR count). The highest BCUT2D eigenvalue weighted by atomic mass is 79.9. The third kappa shape index (κ3) is 1.84. The Hall–Kier alpha value is -0.280. The number of alkyl halides is 1. The fourth-order valence-corrected chi connectivity index (χ4v) is 0.820. The van der Waals surface area contributed by atoms with Gasteiger partial charge in [0.25, 0.3) is 0 Å². The maximum Gasteiger partial charge on any atom is 0.162 e. The van der Waals surface area contributed by atoms with Gasteiger partial charge < -0.3 is 5.32 Å². The van der Waals surface area contributed by atoms with Gasteiger partial charge in [-0.15, -0.1) is 0 Å². The quantitative estimate of drug-likeness (QED) is 0.441. The maximum absolute atomic E-state index is 5.61. The summed E-state index contributed by atoms with van der Waals surface area (Å²) in [7, 11) is 0. The van der Waals surface area contributed by atoms with Gasteiger partial charge in [0.15, 0.2) is 4.57 Å². The zero-order valence-corrected chi connectivity index (χ0v) is 6.77. The highest BCUT2D eigenvalue weighted by molar-refractivity contribution is 9.10. The number of hydrogen-bond donors (Lipinski definition) is 2. The minimum atomic E-state index is -0.535. The van der Waals surface area contributed by atoms with E-state index in [-0.39, 0.29) is 0 Å². The van der Waals surface area contributed by atoms with E-state index in [1.807, 2.05) is 25.3 Å².